The number of ether oxygens (including phenoxy) is 1. The molecule has 0 spiro atoms. The van der Waals surface area contributed by atoms with Gasteiger partial charge in [-0.05, 0) is 57.4 Å². The van der Waals surface area contributed by atoms with Gasteiger partial charge in [-0.3, -0.25) is 4.79 Å². The van der Waals surface area contributed by atoms with Gasteiger partial charge in [-0.2, -0.15) is 0 Å². The van der Waals surface area contributed by atoms with Gasteiger partial charge in [0.05, 0.1) is 6.10 Å². The minimum Gasteiger partial charge on any atom is -0.378 e. The maximum atomic E-state index is 11.1. The first-order valence-corrected chi connectivity index (χ1v) is 7.53. The molecule has 2 heteroatoms. The molecule has 0 amide bonds. The second kappa shape index (κ2) is 6.04. The fraction of sp³-hybridized carbons (Fsp3) is 0.706. The summed E-state index contributed by atoms with van der Waals surface area (Å²) in [6.07, 6.45) is 11.1. The smallest absolute Gasteiger partial charge is 0.145 e. The summed E-state index contributed by atoms with van der Waals surface area (Å²) in [6.45, 7) is 7.35. The van der Waals surface area contributed by atoms with E-state index in [0.29, 0.717) is 12.0 Å². The standard InChI is InChI=1S/C17H26O2/c1-4-19-16-9-8-13(2)6-5-7-14(12-18)10-15-11-17(15,16)3/h6,10,12,15-16H,4-5,7-9,11H2,1-3H3/b13-6-,14-10+/t15-,16-,17-/m0/s1. The first-order valence-electron chi connectivity index (χ1n) is 7.53. The van der Waals surface area contributed by atoms with Crippen LogP contribution in [0.4, 0.5) is 0 Å². The number of hydrogen-bond donors (Lipinski definition) is 0. The normalized spacial score (nSPS) is 41.0. The van der Waals surface area contributed by atoms with Crippen LogP contribution >= 0.6 is 0 Å². The highest BCUT2D eigenvalue weighted by atomic mass is 16.5. The lowest BCUT2D eigenvalue weighted by Gasteiger charge is -2.24. The quantitative estimate of drug-likeness (QED) is 0.566. The molecule has 2 nitrogen and oxygen atoms in total. The summed E-state index contributed by atoms with van der Waals surface area (Å²) < 4.78 is 5.98. The Hall–Kier alpha value is -0.890. The van der Waals surface area contributed by atoms with E-state index in [1.165, 1.54) is 5.57 Å². The van der Waals surface area contributed by atoms with E-state index >= 15 is 0 Å². The molecule has 106 valence electrons. The van der Waals surface area contributed by atoms with Crippen LogP contribution in [0.3, 0.4) is 0 Å². The van der Waals surface area contributed by atoms with Gasteiger partial charge in [0.1, 0.15) is 6.29 Å². The third kappa shape index (κ3) is 3.36. The highest BCUT2D eigenvalue weighted by Crippen LogP contribution is 2.58. The highest BCUT2D eigenvalue weighted by molar-refractivity contribution is 5.73. The largest absolute Gasteiger partial charge is 0.378 e. The van der Waals surface area contributed by atoms with Crippen LogP contribution in [0, 0.1) is 11.3 Å². The molecular formula is C17H26O2. The molecule has 2 aliphatic rings. The summed E-state index contributed by atoms with van der Waals surface area (Å²) in [5.74, 6) is 0.530. The van der Waals surface area contributed by atoms with Crippen molar-refractivity contribution >= 4 is 6.29 Å². The molecule has 0 unspecified atom stereocenters. The SMILES string of the molecule is CCO[C@H]1CC/C(C)=C\CC/C(C=O)=C\[C@H]2C[C@]12C. The number of rotatable bonds is 3. The fourth-order valence-corrected chi connectivity index (χ4v) is 3.23. The van der Waals surface area contributed by atoms with Crippen LogP contribution < -0.4 is 0 Å². The molecule has 1 fully saturated rings. The topological polar surface area (TPSA) is 26.3 Å². The van der Waals surface area contributed by atoms with E-state index in [-0.39, 0.29) is 5.41 Å². The maximum absolute atomic E-state index is 11.1. The fourth-order valence-electron chi connectivity index (χ4n) is 3.23. The number of carbonyl (C=O) groups is 1. The Labute approximate surface area is 116 Å². The van der Waals surface area contributed by atoms with E-state index in [9.17, 15) is 4.79 Å². The lowest BCUT2D eigenvalue weighted by atomic mass is 9.92. The Morgan fingerprint density at radius 1 is 1.47 bits per heavy atom. The van der Waals surface area contributed by atoms with Crippen LogP contribution in [0.1, 0.15) is 52.9 Å². The Kier molecular flexibility index (Phi) is 4.62. The van der Waals surface area contributed by atoms with E-state index < -0.39 is 0 Å². The van der Waals surface area contributed by atoms with E-state index in [0.717, 1.165) is 50.6 Å². The molecule has 2 aliphatic carbocycles. The first-order chi connectivity index (χ1) is 9.10. The van der Waals surface area contributed by atoms with E-state index in [4.69, 9.17) is 4.74 Å². The number of fused-ring (bicyclic) bond motifs is 1. The van der Waals surface area contributed by atoms with Gasteiger partial charge in [0.25, 0.3) is 0 Å². The molecule has 3 atom stereocenters. The Morgan fingerprint density at radius 2 is 2.26 bits per heavy atom. The zero-order chi connectivity index (χ0) is 13.9. The van der Waals surface area contributed by atoms with Gasteiger partial charge in [-0.15, -0.1) is 0 Å². The van der Waals surface area contributed by atoms with Gasteiger partial charge in [0.2, 0.25) is 0 Å². The van der Waals surface area contributed by atoms with E-state index in [2.05, 4.69) is 32.9 Å². The number of aldehydes is 1. The van der Waals surface area contributed by atoms with Gasteiger partial charge < -0.3 is 4.74 Å². The van der Waals surface area contributed by atoms with Crippen LogP contribution in [-0.2, 0) is 9.53 Å². The van der Waals surface area contributed by atoms with Crippen LogP contribution in [0.25, 0.3) is 0 Å². The van der Waals surface area contributed by atoms with Crippen molar-refractivity contribution in [1.29, 1.82) is 0 Å². The summed E-state index contributed by atoms with van der Waals surface area (Å²) in [5, 5.41) is 0. The third-order valence-corrected chi connectivity index (χ3v) is 4.74. The minimum absolute atomic E-state index is 0.245. The van der Waals surface area contributed by atoms with Crippen LogP contribution in [-0.4, -0.2) is 19.0 Å². The van der Waals surface area contributed by atoms with Crippen molar-refractivity contribution in [2.45, 2.75) is 59.0 Å². The monoisotopic (exact) mass is 262 g/mol. The summed E-state index contributed by atoms with van der Waals surface area (Å²) in [5.41, 5.74) is 2.64. The van der Waals surface area contributed by atoms with Gasteiger partial charge >= 0.3 is 0 Å². The summed E-state index contributed by atoms with van der Waals surface area (Å²) >= 11 is 0. The van der Waals surface area contributed by atoms with Crippen molar-refractivity contribution in [1.82, 2.24) is 0 Å². The predicted molar refractivity (Wildman–Crippen MR) is 78.0 cm³/mol. The van der Waals surface area contributed by atoms with Crippen molar-refractivity contribution in [3.63, 3.8) is 0 Å². The molecule has 0 heterocycles. The lowest BCUT2D eigenvalue weighted by Crippen LogP contribution is -2.25. The number of hydrogen-bond acceptors (Lipinski definition) is 2. The molecule has 0 bridgehead atoms. The molecule has 0 radical (unpaired) electrons. The summed E-state index contributed by atoms with van der Waals surface area (Å²) in [4.78, 5) is 11.1. The molecule has 0 N–H and O–H groups in total. The predicted octanol–water partition coefficient (Wildman–Crippen LogP) is 4.06. The van der Waals surface area contributed by atoms with Crippen molar-refractivity contribution < 1.29 is 9.53 Å². The van der Waals surface area contributed by atoms with Crippen molar-refractivity contribution in [3.8, 4) is 0 Å². The van der Waals surface area contributed by atoms with Gasteiger partial charge in [0, 0.05) is 12.0 Å². The lowest BCUT2D eigenvalue weighted by molar-refractivity contribution is -0.105. The van der Waals surface area contributed by atoms with Crippen LogP contribution in [0.15, 0.2) is 23.3 Å². The molecule has 0 aromatic carbocycles. The van der Waals surface area contributed by atoms with E-state index in [1.807, 2.05) is 0 Å². The van der Waals surface area contributed by atoms with Crippen LogP contribution in [0.2, 0.25) is 0 Å². The van der Waals surface area contributed by atoms with Crippen molar-refractivity contribution in [2.24, 2.45) is 11.3 Å². The molecule has 2 rings (SSSR count). The Bertz CT molecular complexity index is 394. The number of carbonyl (C=O) groups excluding carboxylic acids is 1. The molecule has 19 heavy (non-hydrogen) atoms. The Morgan fingerprint density at radius 3 is 2.95 bits per heavy atom. The van der Waals surface area contributed by atoms with Crippen molar-refractivity contribution in [2.75, 3.05) is 6.61 Å². The highest BCUT2D eigenvalue weighted by Gasteiger charge is 2.54. The summed E-state index contributed by atoms with van der Waals surface area (Å²) in [6, 6.07) is 0. The van der Waals surface area contributed by atoms with Crippen LogP contribution in [0.5, 0.6) is 0 Å². The average Bonchev–Trinajstić information content (AvgIpc) is 3.04. The molecule has 0 saturated heterocycles. The average molecular weight is 262 g/mol. The van der Waals surface area contributed by atoms with Gasteiger partial charge in [-0.1, -0.05) is 24.6 Å². The second-order valence-corrected chi connectivity index (χ2v) is 6.25. The third-order valence-electron chi connectivity index (χ3n) is 4.74. The molecule has 0 aromatic heterocycles. The maximum Gasteiger partial charge on any atom is 0.145 e. The van der Waals surface area contributed by atoms with Gasteiger partial charge in [0.15, 0.2) is 0 Å². The molecule has 0 aliphatic heterocycles. The second-order valence-electron chi connectivity index (χ2n) is 6.25. The zero-order valence-corrected chi connectivity index (χ0v) is 12.4. The first kappa shape index (κ1) is 14.5. The number of allylic oxidation sites excluding steroid dienone is 4. The van der Waals surface area contributed by atoms with Crippen molar-refractivity contribution in [3.05, 3.63) is 23.3 Å². The molecule has 0 aromatic rings. The molecule has 1 saturated carbocycles. The minimum atomic E-state index is 0.245. The Balaban J connectivity index is 2.18. The summed E-state index contributed by atoms with van der Waals surface area (Å²) in [7, 11) is 0. The van der Waals surface area contributed by atoms with Gasteiger partial charge in [-0.25, -0.2) is 0 Å². The van der Waals surface area contributed by atoms with E-state index in [1.54, 1.807) is 0 Å². The zero-order valence-electron chi connectivity index (χ0n) is 12.4. The molecular weight excluding hydrogens is 236 g/mol.